The number of hydrogen-bond acceptors (Lipinski definition) is 7. The van der Waals surface area contributed by atoms with Gasteiger partial charge in [0.1, 0.15) is 16.9 Å². The number of pyridine rings is 1. The van der Waals surface area contributed by atoms with Crippen molar-refractivity contribution in [1.82, 2.24) is 29.3 Å². The van der Waals surface area contributed by atoms with Gasteiger partial charge in [0, 0.05) is 24.8 Å². The predicted octanol–water partition coefficient (Wildman–Crippen LogP) is 2.66. The van der Waals surface area contributed by atoms with Crippen LogP contribution in [0.3, 0.4) is 0 Å². The average Bonchev–Trinajstić information content (AvgIpc) is 3.39. The third-order valence-corrected chi connectivity index (χ3v) is 6.40. The quantitative estimate of drug-likeness (QED) is 0.413. The molecule has 178 valence electrons. The van der Waals surface area contributed by atoms with Gasteiger partial charge in [0.05, 0.1) is 30.7 Å². The third kappa shape index (κ3) is 3.81. The zero-order valence-electron chi connectivity index (χ0n) is 19.2. The Bertz CT molecular complexity index is 1380. The van der Waals surface area contributed by atoms with Gasteiger partial charge in [-0.2, -0.15) is 4.98 Å². The van der Waals surface area contributed by atoms with Crippen molar-refractivity contribution in [3.05, 3.63) is 42.2 Å². The van der Waals surface area contributed by atoms with Gasteiger partial charge in [-0.1, -0.05) is 0 Å². The van der Waals surface area contributed by atoms with E-state index in [0.717, 1.165) is 12.8 Å². The number of ether oxygens (including phenoxy) is 1. The highest BCUT2D eigenvalue weighted by atomic mass is 19.1. The second-order valence-electron chi connectivity index (χ2n) is 8.87. The van der Waals surface area contributed by atoms with Crippen molar-refractivity contribution in [2.45, 2.75) is 44.2 Å². The Morgan fingerprint density at radius 3 is 2.76 bits per heavy atom. The summed E-state index contributed by atoms with van der Waals surface area (Å²) in [5.74, 6) is -0.256. The Morgan fingerprint density at radius 1 is 1.29 bits per heavy atom. The molecule has 3 N–H and O–H groups in total. The summed E-state index contributed by atoms with van der Waals surface area (Å²) in [5.41, 5.74) is 1.41. The number of carbonyl (C=O) groups excluding carboxylic acids is 1. The standard InChI is InChI=1S/C23H26FN7O3/c1-23(33)8-6-14(7-9-23)27-22-28-21(34-3)19-18(15(24)12-31(19)29-22)13-4-5-17-26-10-16(20(32)25-2)30(17)11-13/h4-5,10-12,14,33H,6-9H2,1-3H3,(H,25,32)(H,27,29)/t14-,23+. The molecule has 1 aliphatic rings. The van der Waals surface area contributed by atoms with Crippen LogP contribution in [0.2, 0.25) is 0 Å². The monoisotopic (exact) mass is 467 g/mol. The molecule has 11 heteroatoms. The maximum absolute atomic E-state index is 15.2. The van der Waals surface area contributed by atoms with Crippen LogP contribution in [0, 0.1) is 5.82 Å². The molecule has 1 saturated carbocycles. The van der Waals surface area contributed by atoms with E-state index in [1.54, 1.807) is 22.7 Å². The predicted molar refractivity (Wildman–Crippen MR) is 124 cm³/mol. The van der Waals surface area contributed by atoms with Crippen molar-refractivity contribution >= 4 is 23.0 Å². The molecule has 4 heterocycles. The lowest BCUT2D eigenvalue weighted by molar-refractivity contribution is 0.0195. The summed E-state index contributed by atoms with van der Waals surface area (Å²) in [6, 6.07) is 3.55. The summed E-state index contributed by atoms with van der Waals surface area (Å²) in [4.78, 5) is 20.9. The fourth-order valence-electron chi connectivity index (χ4n) is 4.49. The first-order valence-electron chi connectivity index (χ1n) is 11.1. The molecular formula is C23H26FN7O3. The Balaban J connectivity index is 1.55. The smallest absolute Gasteiger partial charge is 0.269 e. The van der Waals surface area contributed by atoms with E-state index in [4.69, 9.17) is 4.74 Å². The molecule has 34 heavy (non-hydrogen) atoms. The molecule has 5 rings (SSSR count). The van der Waals surface area contributed by atoms with Crippen LogP contribution in [0.1, 0.15) is 43.1 Å². The van der Waals surface area contributed by atoms with Gasteiger partial charge in [0.15, 0.2) is 5.82 Å². The fourth-order valence-corrected chi connectivity index (χ4v) is 4.49. The van der Waals surface area contributed by atoms with Crippen LogP contribution in [0.15, 0.2) is 30.7 Å². The van der Waals surface area contributed by atoms with Gasteiger partial charge in [-0.3, -0.25) is 9.20 Å². The summed E-state index contributed by atoms with van der Waals surface area (Å²) in [6.45, 7) is 1.84. The molecule has 0 bridgehead atoms. The Kier molecular flexibility index (Phi) is 5.35. The summed E-state index contributed by atoms with van der Waals surface area (Å²) >= 11 is 0. The third-order valence-electron chi connectivity index (χ3n) is 6.40. The molecule has 0 saturated heterocycles. The van der Waals surface area contributed by atoms with Crippen molar-refractivity contribution in [2.24, 2.45) is 0 Å². The summed E-state index contributed by atoms with van der Waals surface area (Å²) in [5, 5.41) is 20.5. The Labute approximate surface area is 194 Å². The molecule has 1 aliphatic carbocycles. The maximum atomic E-state index is 15.2. The van der Waals surface area contributed by atoms with Crippen LogP contribution in [-0.4, -0.2) is 60.8 Å². The SMILES string of the molecule is CNC(=O)c1cnc2ccc(-c3c(F)cn4nc(N[C@H]5CC[C@@](C)(O)CC5)nc(OC)c34)cn12. The highest BCUT2D eigenvalue weighted by Crippen LogP contribution is 2.35. The molecule has 0 aromatic carbocycles. The average molecular weight is 468 g/mol. The highest BCUT2D eigenvalue weighted by Gasteiger charge is 2.29. The van der Waals surface area contributed by atoms with E-state index in [1.807, 2.05) is 6.92 Å². The molecule has 4 aromatic rings. The molecule has 4 aromatic heterocycles. The number of carbonyl (C=O) groups is 1. The molecule has 1 amide bonds. The first-order chi connectivity index (χ1) is 16.3. The van der Waals surface area contributed by atoms with Crippen molar-refractivity contribution in [3.8, 4) is 17.0 Å². The Hall–Kier alpha value is -3.73. The first kappa shape index (κ1) is 22.1. The van der Waals surface area contributed by atoms with E-state index >= 15 is 4.39 Å². The second kappa shape index (κ2) is 8.24. The van der Waals surface area contributed by atoms with Crippen LogP contribution in [-0.2, 0) is 0 Å². The minimum Gasteiger partial charge on any atom is -0.479 e. The highest BCUT2D eigenvalue weighted by molar-refractivity contribution is 5.93. The van der Waals surface area contributed by atoms with E-state index in [0.29, 0.717) is 41.2 Å². The number of fused-ring (bicyclic) bond motifs is 2. The van der Waals surface area contributed by atoms with Gasteiger partial charge >= 0.3 is 0 Å². The Morgan fingerprint density at radius 2 is 2.06 bits per heavy atom. The minimum absolute atomic E-state index is 0.106. The lowest BCUT2D eigenvalue weighted by atomic mass is 9.84. The fraction of sp³-hybridized carbons (Fsp3) is 0.391. The number of halogens is 1. The van der Waals surface area contributed by atoms with E-state index in [2.05, 4.69) is 25.7 Å². The molecule has 0 spiro atoms. The number of nitrogens with zero attached hydrogens (tertiary/aromatic N) is 5. The van der Waals surface area contributed by atoms with Crippen molar-refractivity contribution in [1.29, 1.82) is 0 Å². The molecule has 0 unspecified atom stereocenters. The number of methoxy groups -OCH3 is 1. The van der Waals surface area contributed by atoms with Crippen molar-refractivity contribution in [2.75, 3.05) is 19.5 Å². The lowest BCUT2D eigenvalue weighted by Gasteiger charge is -2.33. The van der Waals surface area contributed by atoms with Gasteiger partial charge in [0.2, 0.25) is 11.8 Å². The number of imidazole rings is 1. The largest absolute Gasteiger partial charge is 0.479 e. The molecule has 0 atom stereocenters. The summed E-state index contributed by atoms with van der Waals surface area (Å²) in [6.07, 6.45) is 7.33. The van der Waals surface area contributed by atoms with E-state index in [9.17, 15) is 9.90 Å². The lowest BCUT2D eigenvalue weighted by Crippen LogP contribution is -2.36. The normalized spacial score (nSPS) is 20.6. The van der Waals surface area contributed by atoms with Crippen LogP contribution in [0.4, 0.5) is 10.3 Å². The molecule has 0 radical (unpaired) electrons. The first-order valence-corrected chi connectivity index (χ1v) is 11.1. The van der Waals surface area contributed by atoms with Gasteiger partial charge in [-0.25, -0.2) is 13.9 Å². The molecular weight excluding hydrogens is 441 g/mol. The molecule has 10 nitrogen and oxygen atoms in total. The van der Waals surface area contributed by atoms with Crippen LogP contribution in [0.5, 0.6) is 5.88 Å². The van der Waals surface area contributed by atoms with Crippen LogP contribution >= 0.6 is 0 Å². The van der Waals surface area contributed by atoms with Gasteiger partial charge < -0.3 is 20.5 Å². The number of amides is 1. The van der Waals surface area contributed by atoms with E-state index in [-0.39, 0.29) is 23.4 Å². The molecule has 1 fully saturated rings. The van der Waals surface area contributed by atoms with Crippen molar-refractivity contribution < 1.29 is 19.0 Å². The number of nitrogens with one attached hydrogen (secondary N) is 2. The van der Waals surface area contributed by atoms with Crippen LogP contribution in [0.25, 0.3) is 22.3 Å². The maximum Gasteiger partial charge on any atom is 0.269 e. The molecule has 0 aliphatic heterocycles. The van der Waals surface area contributed by atoms with Gasteiger partial charge in [-0.15, -0.1) is 5.10 Å². The topological polar surface area (TPSA) is 118 Å². The summed E-state index contributed by atoms with van der Waals surface area (Å²) in [7, 11) is 3.01. The van der Waals surface area contributed by atoms with E-state index in [1.165, 1.54) is 31.1 Å². The van der Waals surface area contributed by atoms with Crippen molar-refractivity contribution in [3.63, 3.8) is 0 Å². The van der Waals surface area contributed by atoms with E-state index < -0.39 is 11.4 Å². The number of aliphatic hydroxyl groups is 1. The van der Waals surface area contributed by atoms with Crippen LogP contribution < -0.4 is 15.4 Å². The number of rotatable bonds is 5. The number of anilines is 1. The van der Waals surface area contributed by atoms with Gasteiger partial charge in [0.25, 0.3) is 5.91 Å². The zero-order chi connectivity index (χ0) is 24.0. The zero-order valence-corrected chi connectivity index (χ0v) is 19.2. The summed E-state index contributed by atoms with van der Waals surface area (Å²) < 4.78 is 23.8. The number of aromatic nitrogens is 5. The van der Waals surface area contributed by atoms with Gasteiger partial charge in [-0.05, 0) is 44.7 Å². The minimum atomic E-state index is -0.646. The number of hydrogen-bond donors (Lipinski definition) is 3. The second-order valence-corrected chi connectivity index (χ2v) is 8.87.